The molecular formula is C13H23F3O3S2. The monoisotopic (exact) mass is 348 g/mol. The Morgan fingerprint density at radius 2 is 1.57 bits per heavy atom. The van der Waals surface area contributed by atoms with Gasteiger partial charge in [-0.05, 0) is 50.6 Å². The van der Waals surface area contributed by atoms with Crippen LogP contribution in [0.3, 0.4) is 0 Å². The number of allylic oxidation sites excluding steroid dienone is 3. The van der Waals surface area contributed by atoms with Crippen LogP contribution in [-0.4, -0.2) is 36.7 Å². The van der Waals surface area contributed by atoms with Crippen LogP contribution in [0.4, 0.5) is 13.2 Å². The molecule has 126 valence electrons. The van der Waals surface area contributed by atoms with E-state index < -0.39 is 15.6 Å². The van der Waals surface area contributed by atoms with Gasteiger partial charge in [0, 0.05) is 0 Å². The first kappa shape index (κ1) is 22.8. The molecule has 0 aromatic heterocycles. The van der Waals surface area contributed by atoms with E-state index in [1.54, 1.807) is 5.57 Å². The predicted molar refractivity (Wildman–Crippen MR) is 82.3 cm³/mol. The van der Waals surface area contributed by atoms with Crippen molar-refractivity contribution in [2.45, 2.75) is 39.1 Å². The summed E-state index contributed by atoms with van der Waals surface area (Å²) in [5.41, 5.74) is -2.68. The molecule has 0 aliphatic carbocycles. The fraction of sp³-hybridized carbons (Fsp3) is 0.692. The molecular weight excluding hydrogens is 325 g/mol. The zero-order valence-electron chi connectivity index (χ0n) is 13.0. The highest BCUT2D eigenvalue weighted by Gasteiger charge is 2.36. The van der Waals surface area contributed by atoms with E-state index in [9.17, 15) is 13.2 Å². The Labute approximate surface area is 128 Å². The highest BCUT2D eigenvalue weighted by Crippen LogP contribution is 2.20. The highest BCUT2D eigenvalue weighted by molar-refractivity contribution is 7.95. The van der Waals surface area contributed by atoms with Crippen molar-refractivity contribution in [3.05, 3.63) is 23.3 Å². The van der Waals surface area contributed by atoms with Crippen LogP contribution in [0.15, 0.2) is 23.3 Å². The van der Waals surface area contributed by atoms with Gasteiger partial charge in [0.05, 0.1) is 12.5 Å². The molecule has 3 nitrogen and oxygen atoms in total. The fourth-order valence-corrected chi connectivity index (χ4v) is 1.62. The third kappa shape index (κ3) is 15.7. The van der Waals surface area contributed by atoms with Gasteiger partial charge in [-0.3, -0.25) is 0 Å². The molecule has 0 atom stereocenters. The maximum atomic E-state index is 10.7. The third-order valence-electron chi connectivity index (χ3n) is 2.14. The van der Waals surface area contributed by atoms with E-state index in [1.807, 2.05) is 0 Å². The van der Waals surface area contributed by atoms with E-state index >= 15 is 0 Å². The number of hydrogen-bond donors (Lipinski definition) is 0. The van der Waals surface area contributed by atoms with E-state index in [2.05, 4.69) is 45.4 Å². The molecule has 0 rings (SSSR count). The van der Waals surface area contributed by atoms with E-state index in [0.717, 1.165) is 0 Å². The van der Waals surface area contributed by atoms with Crippen molar-refractivity contribution in [1.82, 2.24) is 0 Å². The molecule has 0 bridgehead atoms. The van der Waals surface area contributed by atoms with Gasteiger partial charge in [-0.1, -0.05) is 17.2 Å². The average molecular weight is 348 g/mol. The zero-order valence-corrected chi connectivity index (χ0v) is 14.6. The maximum absolute atomic E-state index is 10.7. The van der Waals surface area contributed by atoms with Crippen LogP contribution < -0.4 is 0 Å². The normalized spacial score (nSPS) is 12.8. The summed E-state index contributed by atoms with van der Waals surface area (Å²) in [6.45, 7) is 6.56. The summed E-state index contributed by atoms with van der Waals surface area (Å²) in [6.07, 6.45) is 11.7. The van der Waals surface area contributed by atoms with Crippen molar-refractivity contribution in [3.63, 3.8) is 0 Å². The molecule has 0 aromatic rings. The highest BCUT2D eigenvalue weighted by atomic mass is 32.2. The van der Waals surface area contributed by atoms with Crippen molar-refractivity contribution < 1.29 is 26.1 Å². The van der Waals surface area contributed by atoms with Crippen molar-refractivity contribution in [1.29, 1.82) is 0 Å². The Kier molecular flexibility index (Phi) is 11.2. The molecule has 0 aliphatic rings. The molecule has 0 radical (unpaired) electrons. The SMILES string of the molecule is CC(C)=CCCC(C)=CC[S+](C)C.O=S(=O)([O-])C(F)(F)F. The molecule has 0 saturated carbocycles. The third-order valence-corrected chi connectivity index (χ3v) is 3.54. The van der Waals surface area contributed by atoms with Crippen LogP contribution in [0.5, 0.6) is 0 Å². The minimum Gasteiger partial charge on any atom is -0.741 e. The zero-order chi connectivity index (χ0) is 17.3. The number of halogens is 3. The summed E-state index contributed by atoms with van der Waals surface area (Å²) in [7, 11) is -5.53. The lowest BCUT2D eigenvalue weighted by molar-refractivity contribution is -0.0517. The van der Waals surface area contributed by atoms with Crippen molar-refractivity contribution >= 4 is 21.0 Å². The first-order valence-electron chi connectivity index (χ1n) is 6.12. The summed E-state index contributed by atoms with van der Waals surface area (Å²) in [5.74, 6) is 1.25. The molecule has 21 heavy (non-hydrogen) atoms. The molecule has 0 saturated heterocycles. The van der Waals surface area contributed by atoms with Crippen molar-refractivity contribution in [3.8, 4) is 0 Å². The van der Waals surface area contributed by atoms with Gasteiger partial charge in [0.25, 0.3) is 0 Å². The minimum atomic E-state index is -6.09. The Morgan fingerprint density at radius 3 is 1.86 bits per heavy atom. The van der Waals surface area contributed by atoms with Gasteiger partial charge in [0.15, 0.2) is 10.1 Å². The van der Waals surface area contributed by atoms with Gasteiger partial charge < -0.3 is 4.55 Å². The Balaban J connectivity index is 0. The van der Waals surface area contributed by atoms with Gasteiger partial charge in [-0.15, -0.1) is 0 Å². The molecule has 0 aliphatic heterocycles. The lowest BCUT2D eigenvalue weighted by Gasteiger charge is -2.08. The van der Waals surface area contributed by atoms with Gasteiger partial charge in [-0.25, -0.2) is 8.42 Å². The molecule has 0 heterocycles. The molecule has 0 amide bonds. The lowest BCUT2D eigenvalue weighted by Crippen LogP contribution is -2.21. The fourth-order valence-electron chi connectivity index (χ4n) is 1.000. The summed E-state index contributed by atoms with van der Waals surface area (Å²) in [4.78, 5) is 0. The molecule has 0 N–H and O–H groups in total. The standard InChI is InChI=1S/C12H23S.CHF3O3S/c1-11(2)7-6-8-12(3)9-10-13(4)5;2-1(3,4)8(5,6)7/h7,9H,6,8,10H2,1-5H3;(H,5,6,7)/q+1;/p-1. The molecule has 0 aromatic carbocycles. The Bertz CT molecular complexity index is 446. The van der Waals surface area contributed by atoms with Crippen molar-refractivity contribution in [2.75, 3.05) is 18.3 Å². The number of alkyl halides is 3. The van der Waals surface area contributed by atoms with Crippen LogP contribution in [-0.2, 0) is 21.0 Å². The second-order valence-corrected chi connectivity index (χ2v) is 8.60. The Morgan fingerprint density at radius 1 is 1.14 bits per heavy atom. The predicted octanol–water partition coefficient (Wildman–Crippen LogP) is 3.61. The van der Waals surface area contributed by atoms with Crippen LogP contribution >= 0.6 is 0 Å². The van der Waals surface area contributed by atoms with E-state index in [0.29, 0.717) is 10.9 Å². The second kappa shape index (κ2) is 10.3. The largest absolute Gasteiger partial charge is 0.741 e. The van der Waals surface area contributed by atoms with E-state index in [4.69, 9.17) is 13.0 Å². The number of hydrogen-bond acceptors (Lipinski definition) is 3. The van der Waals surface area contributed by atoms with Gasteiger partial charge in [0.2, 0.25) is 0 Å². The summed E-state index contributed by atoms with van der Waals surface area (Å²) < 4.78 is 58.9. The van der Waals surface area contributed by atoms with Gasteiger partial charge in [0.1, 0.15) is 5.75 Å². The summed E-state index contributed by atoms with van der Waals surface area (Å²) >= 11 is 0. The first-order valence-corrected chi connectivity index (χ1v) is 9.74. The summed E-state index contributed by atoms with van der Waals surface area (Å²) in [6, 6.07) is 0. The molecule has 8 heteroatoms. The minimum absolute atomic E-state index is 0.558. The number of rotatable bonds is 5. The lowest BCUT2D eigenvalue weighted by atomic mass is 10.1. The van der Waals surface area contributed by atoms with Crippen LogP contribution in [0.25, 0.3) is 0 Å². The Hall–Kier alpha value is -0.470. The van der Waals surface area contributed by atoms with Crippen LogP contribution in [0, 0.1) is 0 Å². The van der Waals surface area contributed by atoms with Gasteiger partial charge in [-0.2, -0.15) is 13.2 Å². The second-order valence-electron chi connectivity index (χ2n) is 4.92. The smallest absolute Gasteiger partial charge is 0.485 e. The first-order chi connectivity index (χ1) is 9.27. The quantitative estimate of drug-likeness (QED) is 0.330. The van der Waals surface area contributed by atoms with Crippen LogP contribution in [0.1, 0.15) is 33.6 Å². The molecule has 0 unspecified atom stereocenters. The molecule has 0 fully saturated rings. The topological polar surface area (TPSA) is 57.2 Å². The molecule has 0 spiro atoms. The summed E-state index contributed by atoms with van der Waals surface area (Å²) in [5, 5.41) is 0. The maximum Gasteiger partial charge on any atom is 0.485 e. The van der Waals surface area contributed by atoms with Gasteiger partial charge >= 0.3 is 5.51 Å². The van der Waals surface area contributed by atoms with Crippen LogP contribution in [0.2, 0.25) is 0 Å². The average Bonchev–Trinajstić information content (AvgIpc) is 2.23. The van der Waals surface area contributed by atoms with Crippen molar-refractivity contribution in [2.24, 2.45) is 0 Å². The van der Waals surface area contributed by atoms with E-state index in [1.165, 1.54) is 24.2 Å². The van der Waals surface area contributed by atoms with E-state index in [-0.39, 0.29) is 0 Å².